The molecule has 0 amide bonds. The molecule has 7 rings (SSSR count). The summed E-state index contributed by atoms with van der Waals surface area (Å²) in [5.74, 6) is -5.70. The van der Waals surface area contributed by atoms with Gasteiger partial charge in [-0.2, -0.15) is 0 Å². The lowest BCUT2D eigenvalue weighted by atomic mass is 9.94. The van der Waals surface area contributed by atoms with E-state index in [9.17, 15) is 19.2 Å². The number of hydrogen-bond acceptors (Lipinski definition) is 12. The molecule has 62 heavy (non-hydrogen) atoms. The van der Waals surface area contributed by atoms with Crippen LogP contribution in [0.25, 0.3) is 0 Å². The molecule has 7 aromatic carbocycles. The van der Waals surface area contributed by atoms with Gasteiger partial charge in [0.2, 0.25) is 0 Å². The summed E-state index contributed by atoms with van der Waals surface area (Å²) < 4.78 is 36.3. The summed E-state index contributed by atoms with van der Waals surface area (Å²) in [4.78, 5) is 59.3. The molecule has 0 bridgehead atoms. The Morgan fingerprint density at radius 2 is 0.597 bits per heavy atom. The van der Waals surface area contributed by atoms with E-state index >= 15 is 0 Å². The standard InChI is InChI=1S/C50H40N2O10/c51-37-23-13-25-39(27-37)61-45-41(47(53)57-29-33-15-5-1-6-16-33)42(48(54)58-30-34-17-7-2-8-18-34)46(62-40-26-14-24-38(52)28-40)44(50(56)60-32-36-21-11-4-12-22-36)43(45)49(55)59-31-35-19-9-3-10-20-35/h1-28H,29-32,51-52H2. The topological polar surface area (TPSA) is 176 Å². The van der Waals surface area contributed by atoms with Gasteiger partial charge in [0.1, 0.15) is 60.2 Å². The summed E-state index contributed by atoms with van der Waals surface area (Å²) >= 11 is 0. The molecule has 0 aliphatic rings. The van der Waals surface area contributed by atoms with Crippen LogP contribution < -0.4 is 20.9 Å². The van der Waals surface area contributed by atoms with Crippen molar-refractivity contribution in [2.75, 3.05) is 11.5 Å². The Bertz CT molecular complexity index is 2350. The molecule has 0 heterocycles. The van der Waals surface area contributed by atoms with Crippen LogP contribution in [0.1, 0.15) is 63.7 Å². The minimum absolute atomic E-state index is 0.0240. The number of nitrogens with two attached hydrogens (primary N) is 2. The normalized spacial score (nSPS) is 10.6. The van der Waals surface area contributed by atoms with Gasteiger partial charge in [0, 0.05) is 23.5 Å². The molecule has 0 spiro atoms. The predicted molar refractivity (Wildman–Crippen MR) is 231 cm³/mol. The fourth-order valence-corrected chi connectivity index (χ4v) is 6.26. The summed E-state index contributed by atoms with van der Waals surface area (Å²) in [6.07, 6.45) is 0. The zero-order valence-corrected chi connectivity index (χ0v) is 33.2. The Labute approximate surface area is 357 Å². The maximum atomic E-state index is 14.8. The minimum atomic E-state index is -1.14. The summed E-state index contributed by atoms with van der Waals surface area (Å²) in [6, 6.07) is 47.4. The van der Waals surface area contributed by atoms with E-state index in [0.29, 0.717) is 22.3 Å². The minimum Gasteiger partial charge on any atom is -0.457 e. The second-order valence-electron chi connectivity index (χ2n) is 13.8. The molecule has 0 saturated heterocycles. The van der Waals surface area contributed by atoms with Crippen LogP contribution in [-0.2, 0) is 45.4 Å². The molecule has 0 aliphatic carbocycles. The average molecular weight is 829 g/mol. The molecule has 0 unspecified atom stereocenters. The molecule has 0 aromatic heterocycles. The van der Waals surface area contributed by atoms with E-state index in [2.05, 4.69) is 0 Å². The molecule has 310 valence electrons. The van der Waals surface area contributed by atoms with Gasteiger partial charge < -0.3 is 39.9 Å². The summed E-state index contributed by atoms with van der Waals surface area (Å²) in [5, 5.41) is 0. The summed E-state index contributed by atoms with van der Waals surface area (Å²) in [5.41, 5.74) is 12.8. The highest BCUT2D eigenvalue weighted by atomic mass is 16.6. The largest absolute Gasteiger partial charge is 0.457 e. The van der Waals surface area contributed by atoms with E-state index in [-0.39, 0.29) is 49.3 Å². The molecular weight excluding hydrogens is 789 g/mol. The molecule has 0 fully saturated rings. The molecule has 12 nitrogen and oxygen atoms in total. The molecule has 4 N–H and O–H groups in total. The Kier molecular flexibility index (Phi) is 13.5. The zero-order chi connectivity index (χ0) is 43.3. The van der Waals surface area contributed by atoms with Crippen LogP contribution in [0.2, 0.25) is 0 Å². The van der Waals surface area contributed by atoms with Crippen LogP contribution >= 0.6 is 0 Å². The van der Waals surface area contributed by atoms with E-state index in [0.717, 1.165) is 0 Å². The number of rotatable bonds is 16. The van der Waals surface area contributed by atoms with Crippen molar-refractivity contribution in [2.45, 2.75) is 26.4 Å². The van der Waals surface area contributed by atoms with E-state index in [1.165, 1.54) is 24.3 Å². The third kappa shape index (κ3) is 10.6. The number of anilines is 2. The fraction of sp³-hybridized carbons (Fsp3) is 0.0800. The van der Waals surface area contributed by atoms with Crippen LogP contribution in [0.15, 0.2) is 170 Å². The zero-order valence-electron chi connectivity index (χ0n) is 33.2. The SMILES string of the molecule is Nc1cccc(Oc2c(C(=O)OCc3ccccc3)c(C(=O)OCc3ccccc3)c(Oc3cccc(N)c3)c(C(=O)OCc3ccccc3)c2C(=O)OCc2ccccc2)c1. The molecule has 0 atom stereocenters. The Morgan fingerprint density at radius 3 is 0.839 bits per heavy atom. The smallest absolute Gasteiger partial charge is 0.343 e. The lowest BCUT2D eigenvalue weighted by Crippen LogP contribution is -2.24. The van der Waals surface area contributed by atoms with E-state index < -0.39 is 57.6 Å². The van der Waals surface area contributed by atoms with E-state index in [1.807, 2.05) is 0 Å². The van der Waals surface area contributed by atoms with Crippen molar-refractivity contribution in [1.82, 2.24) is 0 Å². The highest BCUT2D eigenvalue weighted by Crippen LogP contribution is 2.45. The predicted octanol–water partition coefficient (Wildman–Crippen LogP) is 9.86. The first-order valence-electron chi connectivity index (χ1n) is 19.4. The number of benzene rings is 7. The van der Waals surface area contributed by atoms with Gasteiger partial charge in [-0.15, -0.1) is 0 Å². The highest BCUT2D eigenvalue weighted by Gasteiger charge is 2.41. The Balaban J connectivity index is 1.52. The third-order valence-corrected chi connectivity index (χ3v) is 9.23. The number of carbonyl (C=O) groups is 4. The number of carbonyl (C=O) groups excluding carboxylic acids is 4. The van der Waals surface area contributed by atoms with Crippen LogP contribution in [0.4, 0.5) is 11.4 Å². The van der Waals surface area contributed by atoms with Crippen molar-refractivity contribution in [2.24, 2.45) is 0 Å². The van der Waals surface area contributed by atoms with E-state index in [4.69, 9.17) is 39.9 Å². The summed E-state index contributed by atoms with van der Waals surface area (Å²) in [6.45, 7) is -1.07. The third-order valence-electron chi connectivity index (χ3n) is 9.23. The van der Waals surface area contributed by atoms with Gasteiger partial charge in [-0.3, -0.25) is 0 Å². The molecule has 0 aliphatic heterocycles. The first kappa shape index (κ1) is 41.8. The van der Waals surface area contributed by atoms with Crippen molar-refractivity contribution in [3.05, 3.63) is 214 Å². The van der Waals surface area contributed by atoms with Gasteiger partial charge in [-0.1, -0.05) is 133 Å². The lowest BCUT2D eigenvalue weighted by molar-refractivity contribution is 0.0398. The molecule has 7 aromatic rings. The Morgan fingerprint density at radius 1 is 0.339 bits per heavy atom. The van der Waals surface area contributed by atoms with Crippen LogP contribution in [-0.4, -0.2) is 23.9 Å². The van der Waals surface area contributed by atoms with Crippen LogP contribution in [0.5, 0.6) is 23.0 Å². The van der Waals surface area contributed by atoms with Gasteiger partial charge in [-0.05, 0) is 46.5 Å². The number of ether oxygens (including phenoxy) is 6. The number of nitrogen functional groups attached to an aromatic ring is 2. The molecule has 0 saturated carbocycles. The molecular formula is C50H40N2O10. The highest BCUT2D eigenvalue weighted by molar-refractivity contribution is 6.16. The Hall–Kier alpha value is -8.38. The van der Waals surface area contributed by atoms with Gasteiger partial charge in [0.05, 0.1) is 0 Å². The van der Waals surface area contributed by atoms with E-state index in [1.54, 1.807) is 146 Å². The van der Waals surface area contributed by atoms with Crippen LogP contribution in [0.3, 0.4) is 0 Å². The lowest BCUT2D eigenvalue weighted by Gasteiger charge is -2.24. The van der Waals surface area contributed by atoms with Gasteiger partial charge >= 0.3 is 23.9 Å². The number of hydrogen-bond donors (Lipinski definition) is 2. The first-order valence-corrected chi connectivity index (χ1v) is 19.4. The van der Waals surface area contributed by atoms with Crippen molar-refractivity contribution in [3.8, 4) is 23.0 Å². The molecule has 0 radical (unpaired) electrons. The summed E-state index contributed by atoms with van der Waals surface area (Å²) in [7, 11) is 0. The monoisotopic (exact) mass is 828 g/mol. The van der Waals surface area contributed by atoms with Crippen molar-refractivity contribution in [1.29, 1.82) is 0 Å². The van der Waals surface area contributed by atoms with Gasteiger partial charge in [0.15, 0.2) is 11.5 Å². The van der Waals surface area contributed by atoms with Crippen molar-refractivity contribution >= 4 is 35.3 Å². The van der Waals surface area contributed by atoms with Gasteiger partial charge in [-0.25, -0.2) is 19.2 Å². The average Bonchev–Trinajstić information content (AvgIpc) is 3.30. The second kappa shape index (κ2) is 20.1. The quantitative estimate of drug-likeness (QED) is 0.0537. The van der Waals surface area contributed by atoms with Gasteiger partial charge in [0.25, 0.3) is 0 Å². The fourth-order valence-electron chi connectivity index (χ4n) is 6.26. The van der Waals surface area contributed by atoms with Crippen molar-refractivity contribution < 1.29 is 47.6 Å². The van der Waals surface area contributed by atoms with Crippen molar-refractivity contribution in [3.63, 3.8) is 0 Å². The van der Waals surface area contributed by atoms with Crippen LogP contribution in [0, 0.1) is 0 Å². The number of esters is 4. The first-order chi connectivity index (χ1) is 30.2. The molecule has 12 heteroatoms. The maximum Gasteiger partial charge on any atom is 0.343 e. The maximum absolute atomic E-state index is 14.8. The second-order valence-corrected chi connectivity index (χ2v) is 13.8.